The number of hydrogen-bond donors (Lipinski definition) is 1. The van der Waals surface area contributed by atoms with E-state index in [0.717, 1.165) is 25.5 Å². The molecule has 1 N–H and O–H groups in total. The van der Waals surface area contributed by atoms with E-state index >= 15 is 0 Å². The summed E-state index contributed by atoms with van der Waals surface area (Å²) in [5, 5.41) is 3.04. The fourth-order valence-corrected chi connectivity index (χ4v) is 6.45. The van der Waals surface area contributed by atoms with Gasteiger partial charge in [0.15, 0.2) is 0 Å². The number of anilines is 1. The summed E-state index contributed by atoms with van der Waals surface area (Å²) >= 11 is 3.46. The van der Waals surface area contributed by atoms with Gasteiger partial charge < -0.3 is 10.2 Å². The van der Waals surface area contributed by atoms with Crippen LogP contribution in [0.15, 0.2) is 119 Å². The highest BCUT2D eigenvalue weighted by Crippen LogP contribution is 2.26. The van der Waals surface area contributed by atoms with E-state index in [2.05, 4.69) is 21.2 Å². The van der Waals surface area contributed by atoms with Crippen LogP contribution in [0.1, 0.15) is 37.5 Å². The molecule has 0 bridgehead atoms. The van der Waals surface area contributed by atoms with Crippen molar-refractivity contribution < 1.29 is 18.0 Å². The van der Waals surface area contributed by atoms with Gasteiger partial charge in [-0.2, -0.15) is 0 Å². The molecule has 0 heterocycles. The van der Waals surface area contributed by atoms with Crippen molar-refractivity contribution in [1.29, 1.82) is 0 Å². The predicted octanol–water partition coefficient (Wildman–Crippen LogP) is 6.51. The molecule has 2 amide bonds. The van der Waals surface area contributed by atoms with Crippen LogP contribution in [0, 0.1) is 6.92 Å². The minimum atomic E-state index is -4.13. The molecule has 0 spiro atoms. The fraction of sp³-hybridized carbons (Fsp3) is 0.257. The van der Waals surface area contributed by atoms with Crippen molar-refractivity contribution in [3.63, 3.8) is 0 Å². The Hall–Kier alpha value is -3.95. The maximum absolute atomic E-state index is 14.5. The van der Waals surface area contributed by atoms with Gasteiger partial charge in [0.05, 0.1) is 10.6 Å². The number of halogens is 1. The average Bonchev–Trinajstić information content (AvgIpc) is 2.99. The summed E-state index contributed by atoms with van der Waals surface area (Å²) in [5.74, 6) is -0.822. The Bertz CT molecular complexity index is 1660. The first-order valence-corrected chi connectivity index (χ1v) is 16.6. The van der Waals surface area contributed by atoms with E-state index in [4.69, 9.17) is 0 Å². The number of sulfonamides is 1. The zero-order chi connectivity index (χ0) is 31.9. The Morgan fingerprint density at radius 3 is 1.93 bits per heavy atom. The number of aryl methyl sites for hydroxylation is 1. The highest BCUT2D eigenvalue weighted by atomic mass is 79.9. The molecular formula is C35H38BrN3O4S. The third-order valence-electron chi connectivity index (χ3n) is 6.97. The molecule has 4 rings (SSSR count). The van der Waals surface area contributed by atoms with Crippen molar-refractivity contribution in [1.82, 2.24) is 10.2 Å². The molecule has 4 aromatic rings. The van der Waals surface area contributed by atoms with Gasteiger partial charge in [-0.25, -0.2) is 8.42 Å². The van der Waals surface area contributed by atoms with E-state index in [-0.39, 0.29) is 23.8 Å². The summed E-state index contributed by atoms with van der Waals surface area (Å²) < 4.78 is 30.1. The van der Waals surface area contributed by atoms with Crippen molar-refractivity contribution in [3.05, 3.63) is 130 Å². The van der Waals surface area contributed by atoms with Crippen LogP contribution in [-0.4, -0.2) is 43.3 Å². The molecular weight excluding hydrogens is 638 g/mol. The molecule has 0 fully saturated rings. The van der Waals surface area contributed by atoms with Gasteiger partial charge in [-0.3, -0.25) is 13.9 Å². The second-order valence-electron chi connectivity index (χ2n) is 11.8. The lowest BCUT2D eigenvalue weighted by Gasteiger charge is -2.35. The molecule has 44 heavy (non-hydrogen) atoms. The number of hydrogen-bond acceptors (Lipinski definition) is 4. The van der Waals surface area contributed by atoms with E-state index in [1.54, 1.807) is 30.3 Å². The van der Waals surface area contributed by atoms with E-state index in [1.165, 1.54) is 17.0 Å². The Morgan fingerprint density at radius 2 is 1.36 bits per heavy atom. The normalized spacial score (nSPS) is 12.3. The van der Waals surface area contributed by atoms with E-state index in [1.807, 2.05) is 94.4 Å². The molecule has 230 valence electrons. The van der Waals surface area contributed by atoms with Gasteiger partial charge in [0.25, 0.3) is 10.0 Å². The van der Waals surface area contributed by atoms with Crippen LogP contribution in [0.4, 0.5) is 5.69 Å². The Balaban J connectivity index is 1.80. The number of benzene rings is 4. The highest BCUT2D eigenvalue weighted by Gasteiger charge is 2.35. The molecule has 0 aliphatic heterocycles. The van der Waals surface area contributed by atoms with E-state index < -0.39 is 34.1 Å². The van der Waals surface area contributed by atoms with Gasteiger partial charge >= 0.3 is 0 Å². The fourth-order valence-electron chi connectivity index (χ4n) is 4.75. The largest absolute Gasteiger partial charge is 0.350 e. The number of rotatable bonds is 11. The molecule has 0 saturated carbocycles. The van der Waals surface area contributed by atoms with Crippen molar-refractivity contribution >= 4 is 43.5 Å². The summed E-state index contributed by atoms with van der Waals surface area (Å²) in [4.78, 5) is 30.0. The van der Waals surface area contributed by atoms with Gasteiger partial charge in [0.1, 0.15) is 12.6 Å². The van der Waals surface area contributed by atoms with Gasteiger partial charge in [-0.15, -0.1) is 0 Å². The second kappa shape index (κ2) is 14.2. The van der Waals surface area contributed by atoms with Crippen LogP contribution in [-0.2, 0) is 32.6 Å². The summed E-state index contributed by atoms with van der Waals surface area (Å²) in [6, 6.07) is 31.1. The summed E-state index contributed by atoms with van der Waals surface area (Å²) in [6.07, 6.45) is 0.251. The smallest absolute Gasteiger partial charge is 0.264 e. The number of nitrogens with zero attached hydrogens (tertiary/aromatic N) is 2. The third-order valence-corrected chi connectivity index (χ3v) is 9.28. The van der Waals surface area contributed by atoms with Gasteiger partial charge in [0.2, 0.25) is 11.8 Å². The lowest BCUT2D eigenvalue weighted by atomic mass is 10.0. The molecule has 0 unspecified atom stereocenters. The van der Waals surface area contributed by atoms with Crippen molar-refractivity contribution in [2.75, 3.05) is 10.8 Å². The molecule has 0 aromatic heterocycles. The zero-order valence-electron chi connectivity index (χ0n) is 25.4. The minimum absolute atomic E-state index is 0.0687. The lowest BCUT2D eigenvalue weighted by molar-refractivity contribution is -0.140. The third kappa shape index (κ3) is 8.80. The molecule has 4 aromatic carbocycles. The molecule has 0 saturated heterocycles. The average molecular weight is 677 g/mol. The number of carbonyl (C=O) groups is 2. The topological polar surface area (TPSA) is 86.8 Å². The number of carbonyl (C=O) groups excluding carboxylic acids is 2. The quantitative estimate of drug-likeness (QED) is 0.196. The first kappa shape index (κ1) is 33.0. The predicted molar refractivity (Wildman–Crippen MR) is 179 cm³/mol. The Morgan fingerprint density at radius 1 is 0.795 bits per heavy atom. The maximum Gasteiger partial charge on any atom is 0.264 e. The first-order chi connectivity index (χ1) is 20.8. The van der Waals surface area contributed by atoms with E-state index in [9.17, 15) is 18.0 Å². The monoisotopic (exact) mass is 675 g/mol. The SMILES string of the molecule is Cc1ccc(N(CC(=O)N(Cc2ccc(Br)cc2)[C@H](Cc2ccccc2)C(=O)NC(C)(C)C)S(=O)(=O)c2ccccc2)cc1. The lowest BCUT2D eigenvalue weighted by Crippen LogP contribution is -2.56. The van der Waals surface area contributed by atoms with Crippen LogP contribution in [0.2, 0.25) is 0 Å². The van der Waals surface area contributed by atoms with Crippen molar-refractivity contribution in [2.45, 2.75) is 57.1 Å². The summed E-state index contributed by atoms with van der Waals surface area (Å²) in [7, 11) is -4.13. The minimum Gasteiger partial charge on any atom is -0.350 e. The second-order valence-corrected chi connectivity index (χ2v) is 14.5. The van der Waals surface area contributed by atoms with Crippen molar-refractivity contribution in [3.8, 4) is 0 Å². The number of amides is 2. The van der Waals surface area contributed by atoms with Gasteiger partial charge in [-0.1, -0.05) is 94.3 Å². The van der Waals surface area contributed by atoms with Crippen LogP contribution < -0.4 is 9.62 Å². The van der Waals surface area contributed by atoms with Crippen LogP contribution >= 0.6 is 15.9 Å². The highest BCUT2D eigenvalue weighted by molar-refractivity contribution is 9.10. The van der Waals surface area contributed by atoms with Gasteiger partial charge in [0, 0.05) is 23.0 Å². The van der Waals surface area contributed by atoms with Gasteiger partial charge in [-0.05, 0) is 75.2 Å². The molecule has 0 aliphatic carbocycles. The van der Waals surface area contributed by atoms with E-state index in [0.29, 0.717) is 5.69 Å². The summed E-state index contributed by atoms with van der Waals surface area (Å²) in [6.45, 7) is 7.18. The van der Waals surface area contributed by atoms with Crippen LogP contribution in [0.5, 0.6) is 0 Å². The molecule has 0 aliphatic rings. The first-order valence-electron chi connectivity index (χ1n) is 14.4. The summed E-state index contributed by atoms with van der Waals surface area (Å²) in [5.41, 5.74) is 2.44. The maximum atomic E-state index is 14.5. The van der Waals surface area contributed by atoms with Crippen molar-refractivity contribution in [2.24, 2.45) is 0 Å². The Labute approximate surface area is 269 Å². The molecule has 7 nitrogen and oxygen atoms in total. The standard InChI is InChI=1S/C35H38BrN3O4S/c1-26-15-21-30(22-16-26)39(44(42,43)31-13-9-6-10-14-31)25-33(40)38(24-28-17-19-29(36)20-18-28)32(34(41)37-35(2,3)4)23-27-11-7-5-8-12-27/h5-22,32H,23-25H2,1-4H3,(H,37,41)/t32-/m1/s1. The molecule has 0 radical (unpaired) electrons. The zero-order valence-corrected chi connectivity index (χ0v) is 27.8. The number of nitrogens with one attached hydrogen (secondary N) is 1. The van der Waals surface area contributed by atoms with Crippen LogP contribution in [0.25, 0.3) is 0 Å². The van der Waals surface area contributed by atoms with Crippen LogP contribution in [0.3, 0.4) is 0 Å². The molecule has 9 heteroatoms. The molecule has 1 atom stereocenters. The Kier molecular flexibility index (Phi) is 10.7.